The van der Waals surface area contributed by atoms with Crippen LogP contribution in [0.5, 0.6) is 0 Å². The fourth-order valence-electron chi connectivity index (χ4n) is 3.37. The molecule has 0 spiro atoms. The topological polar surface area (TPSA) is 137 Å². The predicted molar refractivity (Wildman–Crippen MR) is 134 cm³/mol. The van der Waals surface area contributed by atoms with E-state index in [1.165, 1.54) is 12.1 Å². The molecule has 4 rings (SSSR count). The normalized spacial score (nSPS) is 12.2. The molecule has 3 aromatic heterocycles. The molecule has 0 aliphatic rings. The summed E-state index contributed by atoms with van der Waals surface area (Å²) in [5.74, 6) is 0.0876. The van der Waals surface area contributed by atoms with Crippen molar-refractivity contribution in [3.63, 3.8) is 0 Å². The Morgan fingerprint density at radius 3 is 2.31 bits per heavy atom. The summed E-state index contributed by atoms with van der Waals surface area (Å²) in [5.41, 5.74) is 7.84. The van der Waals surface area contributed by atoms with Gasteiger partial charge < -0.3 is 10.2 Å². The molecule has 3 heterocycles. The molecule has 0 amide bonds. The number of rotatable bonds is 4. The monoisotopic (exact) mass is 521 g/mol. The highest BCUT2D eigenvalue weighted by atomic mass is 32.2. The molecule has 194 valence electrons. The Bertz CT molecular complexity index is 1500. The molecule has 0 atom stereocenters. The highest BCUT2D eigenvalue weighted by Gasteiger charge is 2.27. The third-order valence-corrected chi connectivity index (χ3v) is 4.86. The third kappa shape index (κ3) is 6.43. The number of hydrogen-bond donors (Lipinski definition) is 2. The Balaban J connectivity index is 0.000000658. The zero-order chi connectivity index (χ0) is 27.0. The van der Waals surface area contributed by atoms with Gasteiger partial charge in [-0.15, -0.1) is 0 Å². The van der Waals surface area contributed by atoms with Crippen LogP contribution < -0.4 is 5.73 Å². The van der Waals surface area contributed by atoms with Gasteiger partial charge in [-0.3, -0.25) is 9.12 Å². The number of aromatic nitrogens is 4. The second-order valence-electron chi connectivity index (χ2n) is 9.82. The van der Waals surface area contributed by atoms with Gasteiger partial charge in [-0.2, -0.15) is 8.42 Å². The van der Waals surface area contributed by atoms with E-state index in [0.29, 0.717) is 53.2 Å². The lowest BCUT2D eigenvalue weighted by atomic mass is 9.97. The van der Waals surface area contributed by atoms with E-state index in [9.17, 15) is 17.2 Å². The highest BCUT2D eigenvalue weighted by Crippen LogP contribution is 2.37. The number of nitrogens with zero attached hydrogens (tertiary/aromatic N) is 4. The van der Waals surface area contributed by atoms with E-state index in [0.717, 1.165) is 6.07 Å². The van der Waals surface area contributed by atoms with Crippen molar-refractivity contribution in [1.82, 2.24) is 19.5 Å². The largest absolute Gasteiger partial charge is 0.438 e. The van der Waals surface area contributed by atoms with Crippen LogP contribution in [0, 0.1) is 17.6 Å². The smallest absolute Gasteiger partial charge is 0.261 e. The molecule has 0 unspecified atom stereocenters. The Kier molecular flexibility index (Phi) is 7.51. The second-order valence-corrected chi connectivity index (χ2v) is 11.3. The third-order valence-electron chi connectivity index (χ3n) is 4.86. The van der Waals surface area contributed by atoms with E-state index < -0.39 is 27.2 Å². The maximum absolute atomic E-state index is 14.6. The van der Waals surface area contributed by atoms with Crippen molar-refractivity contribution in [2.45, 2.75) is 46.6 Å². The molecule has 0 fully saturated rings. The van der Waals surface area contributed by atoms with Gasteiger partial charge in [0.15, 0.2) is 11.4 Å². The Morgan fingerprint density at radius 1 is 1.11 bits per heavy atom. The average Bonchev–Trinajstić information content (AvgIpc) is 3.28. The number of benzene rings is 1. The van der Waals surface area contributed by atoms with Crippen LogP contribution in [-0.2, 0) is 22.1 Å². The molecule has 36 heavy (non-hydrogen) atoms. The van der Waals surface area contributed by atoms with Crippen LogP contribution in [0.2, 0.25) is 0 Å². The van der Waals surface area contributed by atoms with Crippen molar-refractivity contribution in [1.29, 1.82) is 0 Å². The van der Waals surface area contributed by atoms with E-state index in [4.69, 9.17) is 19.7 Å². The van der Waals surface area contributed by atoms with Gasteiger partial charge in [0.05, 0.1) is 6.26 Å². The fourth-order valence-corrected chi connectivity index (χ4v) is 3.37. The summed E-state index contributed by atoms with van der Waals surface area (Å²) >= 11 is 0. The molecule has 0 aliphatic carbocycles. The number of nitrogens with two attached hydrogens (primary N) is 1. The van der Waals surface area contributed by atoms with Crippen LogP contribution in [-0.4, -0.2) is 38.7 Å². The minimum absolute atomic E-state index is 0.146. The summed E-state index contributed by atoms with van der Waals surface area (Å²) < 4.78 is 61.9. The van der Waals surface area contributed by atoms with Crippen molar-refractivity contribution in [3.8, 4) is 22.7 Å². The van der Waals surface area contributed by atoms with Crippen LogP contribution in [0.4, 0.5) is 14.7 Å². The molecule has 12 heteroatoms. The van der Waals surface area contributed by atoms with Gasteiger partial charge in [-0.25, -0.2) is 23.7 Å². The molecule has 4 aromatic rings. The summed E-state index contributed by atoms with van der Waals surface area (Å²) in [6, 6.07) is 6.93. The average molecular weight is 522 g/mol. The van der Waals surface area contributed by atoms with Crippen LogP contribution in [0.3, 0.4) is 0 Å². The number of nitrogen functional groups attached to an aromatic ring is 1. The number of oxazole rings is 1. The number of hydrogen-bond acceptors (Lipinski definition) is 7. The van der Waals surface area contributed by atoms with Crippen LogP contribution >= 0.6 is 0 Å². The van der Waals surface area contributed by atoms with E-state index in [-0.39, 0.29) is 11.3 Å². The first-order valence-corrected chi connectivity index (χ1v) is 12.9. The summed E-state index contributed by atoms with van der Waals surface area (Å²) in [5, 5.41) is 0. The van der Waals surface area contributed by atoms with E-state index in [1.807, 2.05) is 25.3 Å². The van der Waals surface area contributed by atoms with Gasteiger partial charge in [-0.05, 0) is 30.2 Å². The Hall–Kier alpha value is -3.38. The van der Waals surface area contributed by atoms with Crippen LogP contribution in [0.1, 0.15) is 40.5 Å². The maximum Gasteiger partial charge on any atom is 0.261 e. The highest BCUT2D eigenvalue weighted by molar-refractivity contribution is 7.85. The van der Waals surface area contributed by atoms with Gasteiger partial charge >= 0.3 is 0 Å². The number of pyridine rings is 1. The molecule has 0 saturated heterocycles. The standard InChI is InChI=1S/C23H25F2N5O.CH4O3S/c1-12(2)11-30-20-17(28-22(30)26)9-8-16(27-20)19-18(29-21(31-19)23(3,4)5)14-7-6-13(24)10-15(14)25;1-5(2,3)4/h6-10,12H,11H2,1-5H3,(H2,26,28);1H3,(H,2,3,4). The number of anilines is 1. The van der Waals surface area contributed by atoms with Crippen molar-refractivity contribution < 1.29 is 26.2 Å². The molecule has 0 bridgehead atoms. The van der Waals surface area contributed by atoms with Gasteiger partial charge in [0.25, 0.3) is 10.1 Å². The lowest BCUT2D eigenvalue weighted by Gasteiger charge is -2.12. The summed E-state index contributed by atoms with van der Waals surface area (Å²) in [7, 11) is -3.67. The minimum atomic E-state index is -3.67. The second kappa shape index (κ2) is 9.94. The van der Waals surface area contributed by atoms with Crippen molar-refractivity contribution in [3.05, 3.63) is 47.9 Å². The maximum atomic E-state index is 14.6. The molecule has 3 N–H and O–H groups in total. The van der Waals surface area contributed by atoms with Crippen LogP contribution in [0.15, 0.2) is 34.7 Å². The molecule has 0 saturated carbocycles. The molecule has 0 radical (unpaired) electrons. The summed E-state index contributed by atoms with van der Waals surface area (Å²) in [4.78, 5) is 13.7. The molecule has 1 aromatic carbocycles. The molecular weight excluding hydrogens is 492 g/mol. The number of imidazole rings is 1. The quantitative estimate of drug-likeness (QED) is 0.355. The van der Waals surface area contributed by atoms with Gasteiger partial charge in [0, 0.05) is 23.6 Å². The van der Waals surface area contributed by atoms with Gasteiger partial charge in [-0.1, -0.05) is 34.6 Å². The number of fused-ring (bicyclic) bond motifs is 1. The van der Waals surface area contributed by atoms with Crippen molar-refractivity contribution in [2.24, 2.45) is 5.92 Å². The Labute approximate surface area is 208 Å². The first kappa shape index (κ1) is 27.2. The molecule has 9 nitrogen and oxygen atoms in total. The fraction of sp³-hybridized carbons (Fsp3) is 0.375. The predicted octanol–water partition coefficient (Wildman–Crippen LogP) is 5.07. The van der Waals surface area contributed by atoms with Crippen molar-refractivity contribution >= 4 is 27.2 Å². The van der Waals surface area contributed by atoms with Gasteiger partial charge in [0.1, 0.15) is 28.5 Å². The lowest BCUT2D eigenvalue weighted by Crippen LogP contribution is -2.11. The molecule has 0 aliphatic heterocycles. The van der Waals surface area contributed by atoms with Crippen LogP contribution in [0.25, 0.3) is 33.9 Å². The molecular formula is C24H29F2N5O4S. The van der Waals surface area contributed by atoms with Crippen molar-refractivity contribution in [2.75, 3.05) is 12.0 Å². The zero-order valence-corrected chi connectivity index (χ0v) is 21.7. The lowest BCUT2D eigenvalue weighted by molar-refractivity contribution is 0.398. The van der Waals surface area contributed by atoms with E-state index in [1.54, 1.807) is 12.1 Å². The SMILES string of the molecule is CC(C)Cn1c(N)nc2ccc(-c3oc(C(C)(C)C)nc3-c3ccc(F)cc3F)nc21.CS(=O)(=O)O. The zero-order valence-electron chi connectivity index (χ0n) is 20.9. The Morgan fingerprint density at radius 2 is 1.75 bits per heavy atom. The number of halogens is 2. The van der Waals surface area contributed by atoms with E-state index in [2.05, 4.69) is 23.8 Å². The first-order chi connectivity index (χ1) is 16.5. The minimum Gasteiger partial charge on any atom is -0.438 e. The first-order valence-electron chi connectivity index (χ1n) is 11.1. The summed E-state index contributed by atoms with van der Waals surface area (Å²) in [6.07, 6.45) is 0.715. The van der Waals surface area contributed by atoms with E-state index >= 15 is 0 Å². The summed E-state index contributed by atoms with van der Waals surface area (Å²) in [6.45, 7) is 10.7. The van der Waals surface area contributed by atoms with Gasteiger partial charge in [0.2, 0.25) is 11.8 Å².